The summed E-state index contributed by atoms with van der Waals surface area (Å²) in [7, 11) is 0. The van der Waals surface area contributed by atoms with Crippen LogP contribution in [0.4, 0.5) is 11.8 Å². The number of hydrogen-bond donors (Lipinski definition) is 2. The van der Waals surface area contributed by atoms with E-state index in [4.69, 9.17) is 10.5 Å². The highest BCUT2D eigenvalue weighted by Crippen LogP contribution is 2.15. The van der Waals surface area contributed by atoms with Gasteiger partial charge < -0.3 is 15.8 Å². The first-order valence-electron chi connectivity index (χ1n) is 5.78. The first-order chi connectivity index (χ1) is 7.84. The van der Waals surface area contributed by atoms with E-state index in [9.17, 15) is 0 Å². The molecule has 2 heterocycles. The average molecular weight is 222 g/mol. The van der Waals surface area contributed by atoms with Gasteiger partial charge in [0.2, 0.25) is 5.95 Å². The van der Waals surface area contributed by atoms with E-state index in [0.717, 1.165) is 25.4 Å². The number of ether oxygens (including phenoxy) is 1. The number of aromatic nitrogens is 2. The van der Waals surface area contributed by atoms with E-state index in [1.807, 2.05) is 6.07 Å². The van der Waals surface area contributed by atoms with E-state index in [0.29, 0.717) is 12.1 Å². The van der Waals surface area contributed by atoms with Crippen molar-refractivity contribution < 1.29 is 4.74 Å². The maximum absolute atomic E-state index is 5.64. The van der Waals surface area contributed by atoms with Crippen LogP contribution in [-0.2, 0) is 4.74 Å². The highest BCUT2D eigenvalue weighted by atomic mass is 16.5. The normalized spacial score (nSPS) is 20.6. The van der Waals surface area contributed by atoms with Crippen molar-refractivity contribution in [2.75, 3.05) is 24.2 Å². The summed E-state index contributed by atoms with van der Waals surface area (Å²) in [6.45, 7) is 1.77. The van der Waals surface area contributed by atoms with Crippen molar-refractivity contribution >= 4 is 11.8 Å². The number of hydrogen-bond acceptors (Lipinski definition) is 5. The average Bonchev–Trinajstić information content (AvgIpc) is 2.30. The second kappa shape index (κ2) is 5.65. The minimum atomic E-state index is 0.305. The summed E-state index contributed by atoms with van der Waals surface area (Å²) in [4.78, 5) is 7.91. The molecule has 0 bridgehead atoms. The highest BCUT2D eigenvalue weighted by Gasteiger charge is 2.12. The predicted molar refractivity (Wildman–Crippen MR) is 63.1 cm³/mol. The fraction of sp³-hybridized carbons (Fsp3) is 0.636. The van der Waals surface area contributed by atoms with Crippen LogP contribution in [-0.4, -0.2) is 29.2 Å². The fourth-order valence-electron chi connectivity index (χ4n) is 1.87. The molecule has 0 amide bonds. The Kier molecular flexibility index (Phi) is 3.93. The van der Waals surface area contributed by atoms with Gasteiger partial charge in [0, 0.05) is 19.3 Å². The molecule has 1 fully saturated rings. The molecule has 5 nitrogen and oxygen atoms in total. The lowest BCUT2D eigenvalue weighted by Crippen LogP contribution is -2.22. The lowest BCUT2D eigenvalue weighted by Gasteiger charge is -2.22. The topological polar surface area (TPSA) is 73.1 Å². The fourth-order valence-corrected chi connectivity index (χ4v) is 1.87. The van der Waals surface area contributed by atoms with Crippen molar-refractivity contribution in [1.29, 1.82) is 0 Å². The second-order valence-electron chi connectivity index (χ2n) is 4.00. The largest absolute Gasteiger partial charge is 0.378 e. The molecular formula is C11H18N4O. The molecule has 0 aromatic carbocycles. The minimum Gasteiger partial charge on any atom is -0.378 e. The first-order valence-corrected chi connectivity index (χ1v) is 5.78. The van der Waals surface area contributed by atoms with Gasteiger partial charge in [-0.2, -0.15) is 4.98 Å². The summed E-state index contributed by atoms with van der Waals surface area (Å²) in [6, 6.07) is 1.82. The Morgan fingerprint density at radius 1 is 1.50 bits per heavy atom. The summed E-state index contributed by atoms with van der Waals surface area (Å²) in [5, 5.41) is 3.22. The van der Waals surface area contributed by atoms with E-state index in [1.54, 1.807) is 6.20 Å². The minimum absolute atomic E-state index is 0.305. The lowest BCUT2D eigenvalue weighted by atomic mass is 10.1. The molecular weight excluding hydrogens is 204 g/mol. The van der Waals surface area contributed by atoms with Crippen LogP contribution < -0.4 is 11.1 Å². The molecule has 16 heavy (non-hydrogen) atoms. The molecule has 1 aliphatic rings. The van der Waals surface area contributed by atoms with Crippen LogP contribution in [0.25, 0.3) is 0 Å². The summed E-state index contributed by atoms with van der Waals surface area (Å²) < 4.78 is 5.64. The van der Waals surface area contributed by atoms with Crippen LogP contribution >= 0.6 is 0 Å². The van der Waals surface area contributed by atoms with Crippen LogP contribution in [0.15, 0.2) is 12.3 Å². The maximum Gasteiger partial charge on any atom is 0.221 e. The number of nitrogen functional groups attached to an aromatic ring is 1. The molecule has 5 heteroatoms. The van der Waals surface area contributed by atoms with Gasteiger partial charge in [-0.1, -0.05) is 0 Å². The monoisotopic (exact) mass is 222 g/mol. The zero-order chi connectivity index (χ0) is 11.2. The number of rotatable bonds is 4. The van der Waals surface area contributed by atoms with Crippen LogP contribution in [0.5, 0.6) is 0 Å². The van der Waals surface area contributed by atoms with Crippen molar-refractivity contribution in [3.63, 3.8) is 0 Å². The third-order valence-electron chi connectivity index (χ3n) is 2.72. The third-order valence-corrected chi connectivity index (χ3v) is 2.72. The molecule has 2 rings (SSSR count). The van der Waals surface area contributed by atoms with Crippen molar-refractivity contribution in [2.24, 2.45) is 0 Å². The standard InChI is InChI=1S/C11H18N4O/c12-11-14-7-5-10(15-11)13-6-4-9-3-1-2-8-16-9/h5,7,9H,1-4,6,8H2,(H3,12,13,14,15). The Morgan fingerprint density at radius 2 is 2.44 bits per heavy atom. The van der Waals surface area contributed by atoms with Crippen LogP contribution in [0, 0.1) is 0 Å². The lowest BCUT2D eigenvalue weighted by molar-refractivity contribution is 0.0134. The quantitative estimate of drug-likeness (QED) is 0.806. The molecule has 0 spiro atoms. The molecule has 1 unspecified atom stereocenters. The van der Waals surface area contributed by atoms with E-state index in [1.165, 1.54) is 19.3 Å². The zero-order valence-electron chi connectivity index (χ0n) is 9.35. The molecule has 1 atom stereocenters. The van der Waals surface area contributed by atoms with Crippen molar-refractivity contribution in [2.45, 2.75) is 31.8 Å². The Balaban J connectivity index is 1.71. The molecule has 1 aromatic rings. The van der Waals surface area contributed by atoms with Gasteiger partial charge in [-0.05, 0) is 31.7 Å². The molecule has 0 saturated carbocycles. The van der Waals surface area contributed by atoms with Gasteiger partial charge in [0.15, 0.2) is 0 Å². The molecule has 1 aliphatic heterocycles. The summed E-state index contributed by atoms with van der Waals surface area (Å²) >= 11 is 0. The van der Waals surface area contributed by atoms with Gasteiger partial charge >= 0.3 is 0 Å². The molecule has 1 aromatic heterocycles. The zero-order valence-corrected chi connectivity index (χ0v) is 9.35. The van der Waals surface area contributed by atoms with E-state index >= 15 is 0 Å². The molecule has 0 aliphatic carbocycles. The van der Waals surface area contributed by atoms with Gasteiger partial charge in [0.1, 0.15) is 5.82 Å². The summed E-state index contributed by atoms with van der Waals surface area (Å²) in [5.41, 5.74) is 5.49. The predicted octanol–water partition coefficient (Wildman–Crippen LogP) is 1.43. The van der Waals surface area contributed by atoms with Crippen LogP contribution in [0.1, 0.15) is 25.7 Å². The van der Waals surface area contributed by atoms with Gasteiger partial charge in [-0.25, -0.2) is 4.98 Å². The van der Waals surface area contributed by atoms with Gasteiger partial charge in [-0.3, -0.25) is 0 Å². The van der Waals surface area contributed by atoms with Crippen molar-refractivity contribution in [1.82, 2.24) is 9.97 Å². The smallest absolute Gasteiger partial charge is 0.221 e. The molecule has 3 N–H and O–H groups in total. The van der Waals surface area contributed by atoms with Crippen molar-refractivity contribution in [3.8, 4) is 0 Å². The Morgan fingerprint density at radius 3 is 3.19 bits per heavy atom. The van der Waals surface area contributed by atoms with Crippen LogP contribution in [0.3, 0.4) is 0 Å². The first kappa shape index (κ1) is 11.1. The number of nitrogens with one attached hydrogen (secondary N) is 1. The van der Waals surface area contributed by atoms with E-state index < -0.39 is 0 Å². The third kappa shape index (κ3) is 3.34. The van der Waals surface area contributed by atoms with Crippen LogP contribution in [0.2, 0.25) is 0 Å². The van der Waals surface area contributed by atoms with Gasteiger partial charge in [0.05, 0.1) is 6.10 Å². The van der Waals surface area contributed by atoms with Crippen molar-refractivity contribution in [3.05, 3.63) is 12.3 Å². The summed E-state index contributed by atoms with van der Waals surface area (Å²) in [6.07, 6.45) is 6.73. The second-order valence-corrected chi connectivity index (χ2v) is 4.00. The SMILES string of the molecule is Nc1nccc(NCCC2CCCCO2)n1. The Hall–Kier alpha value is -1.36. The number of nitrogens with zero attached hydrogens (tertiary/aromatic N) is 2. The number of nitrogens with two attached hydrogens (primary N) is 1. The van der Waals surface area contributed by atoms with E-state index in [-0.39, 0.29) is 0 Å². The van der Waals surface area contributed by atoms with Gasteiger partial charge in [-0.15, -0.1) is 0 Å². The Bertz CT molecular complexity index is 326. The van der Waals surface area contributed by atoms with Gasteiger partial charge in [0.25, 0.3) is 0 Å². The molecule has 1 saturated heterocycles. The molecule has 88 valence electrons. The summed E-state index contributed by atoms with van der Waals surface area (Å²) in [5.74, 6) is 1.09. The van der Waals surface area contributed by atoms with E-state index in [2.05, 4.69) is 15.3 Å². The highest BCUT2D eigenvalue weighted by molar-refractivity contribution is 5.37. The Labute approximate surface area is 95.4 Å². The molecule has 0 radical (unpaired) electrons. The maximum atomic E-state index is 5.64. The number of anilines is 2.